The second kappa shape index (κ2) is 8.92. The number of nitrogens with one attached hydrogen (secondary N) is 1. The summed E-state index contributed by atoms with van der Waals surface area (Å²) in [7, 11) is 1.68. The number of methoxy groups -OCH3 is 1. The molecule has 0 atom stereocenters. The number of ether oxygens (including phenoxy) is 1. The van der Waals surface area contributed by atoms with Gasteiger partial charge in [-0.05, 0) is 63.2 Å². The maximum absolute atomic E-state index is 5.29. The Kier molecular flexibility index (Phi) is 6.36. The Hall–Kier alpha value is -2.24. The summed E-state index contributed by atoms with van der Waals surface area (Å²) in [4.78, 5) is 10.6. The summed E-state index contributed by atoms with van der Waals surface area (Å²) in [6.07, 6.45) is 7.88. The van der Waals surface area contributed by atoms with Crippen molar-refractivity contribution >= 4 is 17.0 Å². The van der Waals surface area contributed by atoms with Crippen molar-refractivity contribution in [3.8, 4) is 17.0 Å². The van der Waals surface area contributed by atoms with E-state index in [0.717, 1.165) is 53.5 Å². The van der Waals surface area contributed by atoms with Crippen molar-refractivity contribution in [3.05, 3.63) is 59.1 Å². The SMILES string of the molecule is C=CN=C(/C=C\C)c1sc(C2CCNCC2)nc1-c1ccc(OC)cc1. The maximum atomic E-state index is 5.29. The van der Waals surface area contributed by atoms with Crippen molar-refractivity contribution < 1.29 is 4.74 Å². The Morgan fingerprint density at radius 1 is 1.31 bits per heavy atom. The normalized spacial score (nSPS) is 16.2. The van der Waals surface area contributed by atoms with Crippen LogP contribution in [0.5, 0.6) is 5.75 Å². The van der Waals surface area contributed by atoms with Gasteiger partial charge in [0.25, 0.3) is 0 Å². The van der Waals surface area contributed by atoms with Crippen LogP contribution in [-0.2, 0) is 0 Å². The van der Waals surface area contributed by atoms with Gasteiger partial charge in [-0.25, -0.2) is 4.98 Å². The van der Waals surface area contributed by atoms with Crippen LogP contribution in [0.2, 0.25) is 0 Å². The van der Waals surface area contributed by atoms with E-state index in [4.69, 9.17) is 9.72 Å². The Balaban J connectivity index is 2.08. The molecule has 1 fully saturated rings. The van der Waals surface area contributed by atoms with Crippen LogP contribution in [-0.4, -0.2) is 30.9 Å². The first-order valence-corrected chi connectivity index (χ1v) is 9.76. The molecule has 26 heavy (non-hydrogen) atoms. The van der Waals surface area contributed by atoms with Crippen molar-refractivity contribution in [2.75, 3.05) is 20.2 Å². The highest BCUT2D eigenvalue weighted by atomic mass is 32.1. The number of nitrogens with zero attached hydrogens (tertiary/aromatic N) is 2. The third-order valence-corrected chi connectivity index (χ3v) is 5.72. The number of hydrogen-bond donors (Lipinski definition) is 1. The van der Waals surface area contributed by atoms with Gasteiger partial charge in [0.05, 0.1) is 28.4 Å². The lowest BCUT2D eigenvalue weighted by Gasteiger charge is -2.20. The van der Waals surface area contributed by atoms with Gasteiger partial charge in [0.1, 0.15) is 5.75 Å². The van der Waals surface area contributed by atoms with E-state index in [2.05, 4.69) is 29.0 Å². The van der Waals surface area contributed by atoms with E-state index in [1.807, 2.05) is 31.2 Å². The average molecular weight is 368 g/mol. The first kappa shape index (κ1) is 18.5. The lowest BCUT2D eigenvalue weighted by atomic mass is 9.99. The molecule has 0 radical (unpaired) electrons. The van der Waals surface area contributed by atoms with Crippen LogP contribution in [0.3, 0.4) is 0 Å². The number of piperidine rings is 1. The fourth-order valence-corrected chi connectivity index (χ4v) is 4.37. The second-order valence-electron chi connectivity index (χ2n) is 6.18. The van der Waals surface area contributed by atoms with E-state index in [1.165, 1.54) is 5.01 Å². The molecule has 3 rings (SSSR count). The number of thiazole rings is 1. The van der Waals surface area contributed by atoms with Crippen LogP contribution in [0, 0.1) is 0 Å². The molecule has 5 heteroatoms. The van der Waals surface area contributed by atoms with Crippen LogP contribution in [0.15, 0.2) is 54.2 Å². The number of allylic oxidation sites excluding steroid dienone is 2. The molecular formula is C21H25N3OS. The maximum Gasteiger partial charge on any atom is 0.118 e. The van der Waals surface area contributed by atoms with E-state index >= 15 is 0 Å². The average Bonchev–Trinajstić information content (AvgIpc) is 3.14. The smallest absolute Gasteiger partial charge is 0.118 e. The molecule has 0 amide bonds. The number of rotatable bonds is 6. The summed E-state index contributed by atoms with van der Waals surface area (Å²) in [5, 5.41) is 4.63. The number of hydrogen-bond acceptors (Lipinski definition) is 5. The minimum atomic E-state index is 0.516. The standard InChI is InChI=1S/C21H25N3OS/c1-4-6-18(23-5-2)20-19(15-7-9-17(25-3)10-8-15)24-21(26-20)16-11-13-22-14-12-16/h4-10,16,22H,2,11-14H2,1,3H3/b6-4-,23-18?. The van der Waals surface area contributed by atoms with E-state index in [9.17, 15) is 0 Å². The molecule has 1 N–H and O–H groups in total. The molecule has 0 saturated carbocycles. The number of benzene rings is 1. The fraction of sp³-hybridized carbons (Fsp3) is 0.333. The Bertz CT molecular complexity index is 799. The first-order valence-electron chi connectivity index (χ1n) is 8.94. The molecule has 0 spiro atoms. The highest BCUT2D eigenvalue weighted by Gasteiger charge is 2.23. The molecule has 0 aliphatic carbocycles. The molecule has 0 bridgehead atoms. The van der Waals surface area contributed by atoms with Crippen LogP contribution < -0.4 is 10.1 Å². The fourth-order valence-electron chi connectivity index (χ4n) is 3.13. The molecule has 2 aromatic rings. The minimum absolute atomic E-state index is 0.516. The zero-order valence-corrected chi connectivity index (χ0v) is 16.2. The van der Waals surface area contributed by atoms with E-state index in [0.29, 0.717) is 5.92 Å². The summed E-state index contributed by atoms with van der Waals surface area (Å²) in [6.45, 7) is 7.88. The molecule has 1 aliphatic rings. The van der Waals surface area contributed by atoms with Crippen molar-refractivity contribution in [1.29, 1.82) is 0 Å². The molecule has 0 unspecified atom stereocenters. The predicted octanol–water partition coefficient (Wildman–Crippen LogP) is 4.79. The second-order valence-corrected chi connectivity index (χ2v) is 7.21. The predicted molar refractivity (Wildman–Crippen MR) is 110 cm³/mol. The van der Waals surface area contributed by atoms with E-state index in [-0.39, 0.29) is 0 Å². The van der Waals surface area contributed by atoms with Gasteiger partial charge < -0.3 is 10.1 Å². The molecule has 1 saturated heterocycles. The van der Waals surface area contributed by atoms with Gasteiger partial charge in [0.15, 0.2) is 0 Å². The van der Waals surface area contributed by atoms with Crippen LogP contribution in [0.1, 0.15) is 35.6 Å². The van der Waals surface area contributed by atoms with Gasteiger partial charge in [-0.2, -0.15) is 0 Å². The van der Waals surface area contributed by atoms with Crippen molar-refractivity contribution in [3.63, 3.8) is 0 Å². The summed E-state index contributed by atoms with van der Waals surface area (Å²) in [5.41, 5.74) is 2.98. The molecule has 4 nitrogen and oxygen atoms in total. The topological polar surface area (TPSA) is 46.5 Å². The zero-order valence-electron chi connectivity index (χ0n) is 15.4. The Morgan fingerprint density at radius 2 is 2.04 bits per heavy atom. The lowest BCUT2D eigenvalue weighted by Crippen LogP contribution is -2.26. The van der Waals surface area contributed by atoms with E-state index < -0.39 is 0 Å². The van der Waals surface area contributed by atoms with Crippen LogP contribution in [0.25, 0.3) is 11.3 Å². The highest BCUT2D eigenvalue weighted by Crippen LogP contribution is 2.36. The zero-order chi connectivity index (χ0) is 18.4. The molecule has 1 aliphatic heterocycles. The van der Waals surface area contributed by atoms with Crippen LogP contribution in [0.4, 0.5) is 0 Å². The summed E-state index contributed by atoms with van der Waals surface area (Å²) >= 11 is 1.76. The molecule has 136 valence electrons. The highest BCUT2D eigenvalue weighted by molar-refractivity contribution is 7.14. The van der Waals surface area contributed by atoms with Crippen molar-refractivity contribution in [2.45, 2.75) is 25.7 Å². The van der Waals surface area contributed by atoms with Gasteiger partial charge in [0, 0.05) is 17.7 Å². The molecule has 1 aromatic carbocycles. The summed E-state index contributed by atoms with van der Waals surface area (Å²) < 4.78 is 5.29. The Labute approximate surface area is 159 Å². The summed E-state index contributed by atoms with van der Waals surface area (Å²) in [6, 6.07) is 8.07. The quantitative estimate of drug-likeness (QED) is 0.747. The van der Waals surface area contributed by atoms with Crippen molar-refractivity contribution in [1.82, 2.24) is 10.3 Å². The number of aromatic nitrogens is 1. The monoisotopic (exact) mass is 367 g/mol. The van der Waals surface area contributed by atoms with E-state index in [1.54, 1.807) is 24.6 Å². The third kappa shape index (κ3) is 4.11. The van der Waals surface area contributed by atoms with Crippen LogP contribution >= 0.6 is 11.3 Å². The molecular weight excluding hydrogens is 342 g/mol. The first-order chi connectivity index (χ1) is 12.8. The largest absolute Gasteiger partial charge is 0.497 e. The Morgan fingerprint density at radius 3 is 2.65 bits per heavy atom. The van der Waals surface area contributed by atoms with Gasteiger partial charge in [-0.3, -0.25) is 4.99 Å². The molecule has 2 heterocycles. The lowest BCUT2D eigenvalue weighted by molar-refractivity contribution is 0.415. The summed E-state index contributed by atoms with van der Waals surface area (Å²) in [5.74, 6) is 1.36. The van der Waals surface area contributed by atoms with Crippen molar-refractivity contribution in [2.24, 2.45) is 4.99 Å². The number of aliphatic imine (C=N–C) groups is 1. The van der Waals surface area contributed by atoms with Gasteiger partial charge >= 0.3 is 0 Å². The third-order valence-electron chi connectivity index (χ3n) is 4.48. The van der Waals surface area contributed by atoms with Gasteiger partial charge in [-0.1, -0.05) is 12.7 Å². The van der Waals surface area contributed by atoms with Gasteiger partial charge in [0.2, 0.25) is 0 Å². The molecule has 1 aromatic heterocycles. The minimum Gasteiger partial charge on any atom is -0.497 e. The van der Waals surface area contributed by atoms with Gasteiger partial charge in [-0.15, -0.1) is 11.3 Å².